The van der Waals surface area contributed by atoms with E-state index in [-0.39, 0.29) is 24.0 Å². The van der Waals surface area contributed by atoms with Crippen LogP contribution < -0.4 is 10.6 Å². The Morgan fingerprint density at radius 2 is 1.92 bits per heavy atom. The van der Waals surface area contributed by atoms with Gasteiger partial charge in [0.15, 0.2) is 11.8 Å². The van der Waals surface area contributed by atoms with Gasteiger partial charge in [0.25, 0.3) is 0 Å². The van der Waals surface area contributed by atoms with E-state index in [1.54, 1.807) is 7.05 Å². The molecule has 2 heterocycles. The SMILES string of the molecule is CN=C(NCCCc1nc(C)no1)NCCCn1nc(C)cc1C.I. The Morgan fingerprint density at radius 1 is 1.20 bits per heavy atom. The molecule has 8 nitrogen and oxygen atoms in total. The molecule has 0 aliphatic rings. The van der Waals surface area contributed by atoms with Crippen molar-refractivity contribution in [3.8, 4) is 0 Å². The molecular weight excluding hydrogens is 433 g/mol. The van der Waals surface area contributed by atoms with Crippen molar-refractivity contribution in [1.29, 1.82) is 0 Å². The summed E-state index contributed by atoms with van der Waals surface area (Å²) in [5.74, 6) is 2.17. The molecule has 0 aromatic carbocycles. The highest BCUT2D eigenvalue weighted by Crippen LogP contribution is 2.02. The van der Waals surface area contributed by atoms with Crippen LogP contribution in [-0.2, 0) is 13.0 Å². The number of rotatable bonds is 8. The van der Waals surface area contributed by atoms with Crippen molar-refractivity contribution in [3.05, 3.63) is 29.2 Å². The van der Waals surface area contributed by atoms with Gasteiger partial charge in [0.2, 0.25) is 5.89 Å². The fourth-order valence-corrected chi connectivity index (χ4v) is 2.45. The second-order valence-electron chi connectivity index (χ2n) is 5.77. The summed E-state index contributed by atoms with van der Waals surface area (Å²) in [7, 11) is 1.78. The molecule has 0 bridgehead atoms. The Hall–Kier alpha value is -1.65. The van der Waals surface area contributed by atoms with Crippen LogP contribution in [0.25, 0.3) is 0 Å². The van der Waals surface area contributed by atoms with E-state index in [0.29, 0.717) is 11.7 Å². The fourth-order valence-electron chi connectivity index (χ4n) is 2.45. The summed E-state index contributed by atoms with van der Waals surface area (Å²) in [4.78, 5) is 8.41. The van der Waals surface area contributed by atoms with Crippen molar-refractivity contribution in [2.45, 2.75) is 46.6 Å². The van der Waals surface area contributed by atoms with Gasteiger partial charge in [-0.1, -0.05) is 5.16 Å². The van der Waals surface area contributed by atoms with Gasteiger partial charge in [0, 0.05) is 38.8 Å². The van der Waals surface area contributed by atoms with Crippen molar-refractivity contribution < 1.29 is 4.52 Å². The van der Waals surface area contributed by atoms with E-state index in [1.807, 2.05) is 18.5 Å². The van der Waals surface area contributed by atoms with Gasteiger partial charge in [0.1, 0.15) is 0 Å². The molecule has 0 aliphatic heterocycles. The maximum atomic E-state index is 5.09. The van der Waals surface area contributed by atoms with E-state index < -0.39 is 0 Å². The molecule has 0 atom stereocenters. The van der Waals surface area contributed by atoms with Gasteiger partial charge in [-0.3, -0.25) is 9.67 Å². The average Bonchev–Trinajstić information content (AvgIpc) is 3.10. The van der Waals surface area contributed by atoms with Crippen molar-refractivity contribution in [1.82, 2.24) is 30.6 Å². The predicted octanol–water partition coefficient (Wildman–Crippen LogP) is 2.00. The number of aliphatic imine (C=N–C) groups is 1. The summed E-state index contributed by atoms with van der Waals surface area (Å²) in [6.07, 6.45) is 2.67. The summed E-state index contributed by atoms with van der Waals surface area (Å²) < 4.78 is 7.13. The van der Waals surface area contributed by atoms with Crippen LogP contribution in [0.4, 0.5) is 0 Å². The van der Waals surface area contributed by atoms with Crippen LogP contribution in [0, 0.1) is 20.8 Å². The third-order valence-electron chi connectivity index (χ3n) is 3.60. The maximum Gasteiger partial charge on any atom is 0.226 e. The molecule has 0 fully saturated rings. The minimum absolute atomic E-state index is 0. The molecule has 25 heavy (non-hydrogen) atoms. The normalized spacial score (nSPS) is 11.3. The van der Waals surface area contributed by atoms with Gasteiger partial charge in [-0.25, -0.2) is 0 Å². The number of aromatic nitrogens is 4. The largest absolute Gasteiger partial charge is 0.356 e. The molecule has 0 radical (unpaired) electrons. The molecule has 0 saturated carbocycles. The summed E-state index contributed by atoms with van der Waals surface area (Å²) >= 11 is 0. The van der Waals surface area contributed by atoms with E-state index in [2.05, 4.69) is 43.9 Å². The van der Waals surface area contributed by atoms with Crippen LogP contribution in [0.2, 0.25) is 0 Å². The van der Waals surface area contributed by atoms with Crippen LogP contribution in [0.3, 0.4) is 0 Å². The Balaban J connectivity index is 0.00000312. The zero-order valence-electron chi connectivity index (χ0n) is 15.4. The van der Waals surface area contributed by atoms with Crippen LogP contribution >= 0.6 is 24.0 Å². The predicted molar refractivity (Wildman–Crippen MR) is 108 cm³/mol. The first kappa shape index (κ1) is 21.4. The molecular formula is C16H28IN7O. The third-order valence-corrected chi connectivity index (χ3v) is 3.60. The van der Waals surface area contributed by atoms with Crippen molar-refractivity contribution >= 4 is 29.9 Å². The highest BCUT2D eigenvalue weighted by molar-refractivity contribution is 14.0. The highest BCUT2D eigenvalue weighted by atomic mass is 127. The molecule has 2 aromatic heterocycles. The van der Waals surface area contributed by atoms with Crippen LogP contribution in [0.5, 0.6) is 0 Å². The Morgan fingerprint density at radius 3 is 2.48 bits per heavy atom. The van der Waals surface area contributed by atoms with Crippen LogP contribution in [-0.4, -0.2) is 46.0 Å². The summed E-state index contributed by atoms with van der Waals surface area (Å²) in [5, 5.41) is 14.8. The molecule has 9 heteroatoms. The smallest absolute Gasteiger partial charge is 0.226 e. The van der Waals surface area contributed by atoms with Crippen LogP contribution in [0.1, 0.15) is 35.9 Å². The van der Waals surface area contributed by atoms with Gasteiger partial charge >= 0.3 is 0 Å². The minimum Gasteiger partial charge on any atom is -0.356 e. The standard InChI is InChI=1S/C16H27N7O.HI/c1-12-11-13(2)23(21-12)10-6-9-19-16(17-4)18-8-5-7-15-20-14(3)22-24-15;/h11H,5-10H2,1-4H3,(H2,17,18,19);1H. The number of guanidine groups is 1. The second kappa shape index (κ2) is 11.1. The van der Waals surface area contributed by atoms with Gasteiger partial charge < -0.3 is 15.2 Å². The van der Waals surface area contributed by atoms with E-state index >= 15 is 0 Å². The summed E-state index contributed by atoms with van der Waals surface area (Å²) in [5.41, 5.74) is 2.26. The molecule has 2 N–H and O–H groups in total. The van der Waals surface area contributed by atoms with E-state index in [4.69, 9.17) is 4.52 Å². The lowest BCUT2D eigenvalue weighted by Crippen LogP contribution is -2.38. The Labute approximate surface area is 165 Å². The first-order valence-electron chi connectivity index (χ1n) is 8.33. The lowest BCUT2D eigenvalue weighted by Gasteiger charge is -2.11. The molecule has 2 rings (SSSR count). The zero-order chi connectivity index (χ0) is 17.4. The summed E-state index contributed by atoms with van der Waals surface area (Å²) in [6.45, 7) is 8.48. The quantitative estimate of drug-likeness (QED) is 0.271. The molecule has 140 valence electrons. The monoisotopic (exact) mass is 461 g/mol. The Bertz CT molecular complexity index is 665. The van der Waals surface area contributed by atoms with Crippen LogP contribution in [0.15, 0.2) is 15.6 Å². The van der Waals surface area contributed by atoms with Crippen molar-refractivity contribution in [2.24, 2.45) is 4.99 Å². The van der Waals surface area contributed by atoms with E-state index in [1.165, 1.54) is 5.69 Å². The molecule has 0 spiro atoms. The van der Waals surface area contributed by atoms with E-state index in [9.17, 15) is 0 Å². The molecule has 0 amide bonds. The van der Waals surface area contributed by atoms with Gasteiger partial charge in [0.05, 0.1) is 5.69 Å². The van der Waals surface area contributed by atoms with E-state index in [0.717, 1.165) is 50.6 Å². The topological polar surface area (TPSA) is 93.2 Å². The van der Waals surface area contributed by atoms with Gasteiger partial charge in [-0.05, 0) is 39.7 Å². The molecule has 0 saturated heterocycles. The van der Waals surface area contributed by atoms with Gasteiger partial charge in [-0.15, -0.1) is 24.0 Å². The number of aryl methyl sites for hydroxylation is 5. The van der Waals surface area contributed by atoms with Gasteiger partial charge in [-0.2, -0.15) is 10.1 Å². The Kier molecular flexibility index (Phi) is 9.46. The number of nitrogens with zero attached hydrogens (tertiary/aromatic N) is 5. The second-order valence-corrected chi connectivity index (χ2v) is 5.77. The number of nitrogens with one attached hydrogen (secondary N) is 2. The first-order valence-corrected chi connectivity index (χ1v) is 8.33. The first-order chi connectivity index (χ1) is 11.6. The molecule has 2 aromatic rings. The third kappa shape index (κ3) is 7.41. The number of halogens is 1. The highest BCUT2D eigenvalue weighted by Gasteiger charge is 2.03. The molecule has 0 unspecified atom stereocenters. The fraction of sp³-hybridized carbons (Fsp3) is 0.625. The summed E-state index contributed by atoms with van der Waals surface area (Å²) in [6, 6.07) is 2.10. The van der Waals surface area contributed by atoms with Crippen molar-refractivity contribution in [3.63, 3.8) is 0 Å². The number of hydrogen-bond acceptors (Lipinski definition) is 5. The molecule has 0 aliphatic carbocycles. The zero-order valence-corrected chi connectivity index (χ0v) is 17.7. The maximum absolute atomic E-state index is 5.09. The lowest BCUT2D eigenvalue weighted by atomic mass is 10.3. The lowest BCUT2D eigenvalue weighted by molar-refractivity contribution is 0.372. The van der Waals surface area contributed by atoms with Crippen molar-refractivity contribution in [2.75, 3.05) is 20.1 Å². The number of hydrogen-bond donors (Lipinski definition) is 2. The minimum atomic E-state index is 0. The average molecular weight is 461 g/mol.